The second-order valence-electron chi connectivity index (χ2n) is 5.44. The quantitative estimate of drug-likeness (QED) is 0.504. The molecule has 24 heavy (non-hydrogen) atoms. The lowest BCUT2D eigenvalue weighted by molar-refractivity contribution is 0.944. The number of pyridine rings is 1. The van der Waals surface area contributed by atoms with E-state index in [4.69, 9.17) is 23.2 Å². The van der Waals surface area contributed by atoms with Gasteiger partial charge in [-0.2, -0.15) is 5.10 Å². The number of nitrogens with zero attached hydrogens (tertiary/aromatic N) is 4. The molecule has 0 saturated carbocycles. The Morgan fingerprint density at radius 2 is 1.79 bits per heavy atom. The van der Waals surface area contributed by atoms with E-state index in [1.54, 1.807) is 35.2 Å². The standard InChI is InChI=1S/C18H12Cl2N4/c1-11-4-6-21-9-15(11)13-5-7-23-24-17(10-22-18(13)24)14-3-2-12(19)8-16(14)20/h2-10H,1H3. The van der Waals surface area contributed by atoms with Gasteiger partial charge in [0.2, 0.25) is 0 Å². The van der Waals surface area contributed by atoms with Gasteiger partial charge in [0.25, 0.3) is 0 Å². The molecule has 0 aliphatic heterocycles. The van der Waals surface area contributed by atoms with Crippen LogP contribution in [0, 0.1) is 6.92 Å². The predicted molar refractivity (Wildman–Crippen MR) is 96.4 cm³/mol. The highest BCUT2D eigenvalue weighted by atomic mass is 35.5. The first-order chi connectivity index (χ1) is 11.6. The van der Waals surface area contributed by atoms with E-state index in [9.17, 15) is 0 Å². The van der Waals surface area contributed by atoms with Crippen molar-refractivity contribution in [3.05, 3.63) is 70.7 Å². The number of imidazole rings is 1. The van der Waals surface area contributed by atoms with Crippen molar-refractivity contribution in [2.75, 3.05) is 0 Å². The Kier molecular flexibility index (Phi) is 3.71. The van der Waals surface area contributed by atoms with Gasteiger partial charge in [0.05, 0.1) is 16.9 Å². The van der Waals surface area contributed by atoms with E-state index in [2.05, 4.69) is 15.1 Å². The molecule has 1 aromatic carbocycles. The van der Waals surface area contributed by atoms with Crippen molar-refractivity contribution >= 4 is 28.8 Å². The maximum absolute atomic E-state index is 6.34. The minimum absolute atomic E-state index is 0.564. The molecule has 0 aliphatic carbocycles. The molecule has 0 atom stereocenters. The maximum Gasteiger partial charge on any atom is 0.162 e. The van der Waals surface area contributed by atoms with Crippen molar-refractivity contribution in [1.29, 1.82) is 0 Å². The second kappa shape index (κ2) is 5.89. The number of halogens is 2. The van der Waals surface area contributed by atoms with E-state index in [1.165, 1.54) is 0 Å². The Morgan fingerprint density at radius 3 is 2.58 bits per heavy atom. The zero-order valence-corrected chi connectivity index (χ0v) is 14.3. The number of aromatic nitrogens is 4. The highest BCUT2D eigenvalue weighted by molar-refractivity contribution is 6.36. The average Bonchev–Trinajstić information content (AvgIpc) is 2.99. The van der Waals surface area contributed by atoms with Crippen molar-refractivity contribution in [1.82, 2.24) is 19.6 Å². The zero-order valence-electron chi connectivity index (χ0n) is 12.7. The van der Waals surface area contributed by atoms with Gasteiger partial charge in [0.15, 0.2) is 5.65 Å². The summed E-state index contributed by atoms with van der Waals surface area (Å²) in [5, 5.41) is 5.60. The molecule has 118 valence electrons. The monoisotopic (exact) mass is 354 g/mol. The Bertz CT molecular complexity index is 1060. The minimum Gasteiger partial charge on any atom is -0.264 e. The minimum atomic E-state index is 0.564. The number of fused-ring (bicyclic) bond motifs is 1. The van der Waals surface area contributed by atoms with Gasteiger partial charge in [-0.15, -0.1) is 0 Å². The van der Waals surface area contributed by atoms with Crippen LogP contribution in [0.25, 0.3) is 28.0 Å². The summed E-state index contributed by atoms with van der Waals surface area (Å²) in [6, 6.07) is 9.31. The van der Waals surface area contributed by atoms with Gasteiger partial charge in [-0.05, 0) is 42.8 Å². The topological polar surface area (TPSA) is 43.1 Å². The Hall–Kier alpha value is -2.43. The summed E-state index contributed by atoms with van der Waals surface area (Å²) in [5.74, 6) is 0. The van der Waals surface area contributed by atoms with Gasteiger partial charge in [-0.1, -0.05) is 23.2 Å². The lowest BCUT2D eigenvalue weighted by Gasteiger charge is -2.08. The molecular weight excluding hydrogens is 343 g/mol. The van der Waals surface area contributed by atoms with Crippen LogP contribution in [0.3, 0.4) is 0 Å². The smallest absolute Gasteiger partial charge is 0.162 e. The van der Waals surface area contributed by atoms with Crippen molar-refractivity contribution in [2.45, 2.75) is 6.92 Å². The number of hydrogen-bond acceptors (Lipinski definition) is 3. The number of rotatable bonds is 2. The summed E-state index contributed by atoms with van der Waals surface area (Å²) in [4.78, 5) is 8.78. The molecule has 3 heterocycles. The molecule has 0 bridgehead atoms. The average molecular weight is 355 g/mol. The van der Waals surface area contributed by atoms with Crippen LogP contribution in [0.2, 0.25) is 10.0 Å². The molecule has 0 saturated heterocycles. The second-order valence-corrected chi connectivity index (χ2v) is 6.28. The molecule has 4 aromatic rings. The predicted octanol–water partition coefficient (Wildman–Crippen LogP) is 5.07. The highest BCUT2D eigenvalue weighted by Crippen LogP contribution is 2.32. The van der Waals surface area contributed by atoms with Crippen molar-refractivity contribution in [3.8, 4) is 22.4 Å². The molecule has 0 unspecified atom stereocenters. The fourth-order valence-electron chi connectivity index (χ4n) is 2.73. The van der Waals surface area contributed by atoms with E-state index in [-0.39, 0.29) is 0 Å². The molecule has 0 fully saturated rings. The zero-order chi connectivity index (χ0) is 16.7. The van der Waals surface area contributed by atoms with Crippen LogP contribution in [0.4, 0.5) is 0 Å². The third-order valence-corrected chi connectivity index (χ3v) is 4.49. The third-order valence-electron chi connectivity index (χ3n) is 3.94. The summed E-state index contributed by atoms with van der Waals surface area (Å²) >= 11 is 12.3. The summed E-state index contributed by atoms with van der Waals surface area (Å²) in [6.07, 6.45) is 7.15. The lowest BCUT2D eigenvalue weighted by atomic mass is 10.1. The Balaban J connectivity index is 1.96. The van der Waals surface area contributed by atoms with Gasteiger partial charge >= 0.3 is 0 Å². The molecule has 0 N–H and O–H groups in total. The molecule has 0 amide bonds. The summed E-state index contributed by atoms with van der Waals surface area (Å²) < 4.78 is 1.79. The first-order valence-corrected chi connectivity index (χ1v) is 8.10. The summed E-state index contributed by atoms with van der Waals surface area (Å²) in [7, 11) is 0. The maximum atomic E-state index is 6.34. The van der Waals surface area contributed by atoms with Gasteiger partial charge in [0.1, 0.15) is 0 Å². The van der Waals surface area contributed by atoms with Gasteiger partial charge < -0.3 is 0 Å². The van der Waals surface area contributed by atoms with E-state index >= 15 is 0 Å². The third kappa shape index (κ3) is 2.44. The summed E-state index contributed by atoms with van der Waals surface area (Å²) in [6.45, 7) is 2.05. The van der Waals surface area contributed by atoms with Crippen LogP contribution in [-0.4, -0.2) is 19.6 Å². The first kappa shape index (κ1) is 15.1. The van der Waals surface area contributed by atoms with Crippen molar-refractivity contribution < 1.29 is 0 Å². The molecule has 0 radical (unpaired) electrons. The number of benzene rings is 1. The Labute approximate surface area is 148 Å². The summed E-state index contributed by atoms with van der Waals surface area (Å²) in [5.41, 5.74) is 5.55. The van der Waals surface area contributed by atoms with Crippen LogP contribution >= 0.6 is 23.2 Å². The largest absolute Gasteiger partial charge is 0.264 e. The number of hydrogen-bond donors (Lipinski definition) is 0. The SMILES string of the molecule is Cc1ccncc1-c1ccnn2c(-c3ccc(Cl)cc3Cl)cnc12. The van der Waals surface area contributed by atoms with Crippen molar-refractivity contribution in [3.63, 3.8) is 0 Å². The van der Waals surface area contributed by atoms with Crippen molar-refractivity contribution in [2.24, 2.45) is 0 Å². The molecule has 4 rings (SSSR count). The van der Waals surface area contributed by atoms with E-state index in [0.717, 1.165) is 33.6 Å². The highest BCUT2D eigenvalue weighted by Gasteiger charge is 2.15. The molecule has 0 spiro atoms. The first-order valence-electron chi connectivity index (χ1n) is 7.34. The van der Waals surface area contributed by atoms with E-state index < -0.39 is 0 Å². The number of aryl methyl sites for hydroxylation is 1. The molecular formula is C18H12Cl2N4. The van der Waals surface area contributed by atoms with Gasteiger partial charge in [0, 0.05) is 40.3 Å². The normalized spacial score (nSPS) is 11.1. The fourth-order valence-corrected chi connectivity index (χ4v) is 3.24. The van der Waals surface area contributed by atoms with Crippen LogP contribution in [0.5, 0.6) is 0 Å². The van der Waals surface area contributed by atoms with Crippen LogP contribution in [-0.2, 0) is 0 Å². The van der Waals surface area contributed by atoms with E-state index in [1.807, 2.05) is 31.3 Å². The van der Waals surface area contributed by atoms with Crippen LogP contribution < -0.4 is 0 Å². The Morgan fingerprint density at radius 1 is 0.917 bits per heavy atom. The lowest BCUT2D eigenvalue weighted by Crippen LogP contribution is -1.97. The molecule has 4 nitrogen and oxygen atoms in total. The van der Waals surface area contributed by atoms with E-state index in [0.29, 0.717) is 10.0 Å². The molecule has 6 heteroatoms. The van der Waals surface area contributed by atoms with Gasteiger partial charge in [-0.3, -0.25) is 4.98 Å². The fraction of sp³-hybridized carbons (Fsp3) is 0.0556. The van der Waals surface area contributed by atoms with Gasteiger partial charge in [-0.25, -0.2) is 9.50 Å². The van der Waals surface area contributed by atoms with Crippen LogP contribution in [0.15, 0.2) is 55.1 Å². The molecule has 0 aliphatic rings. The van der Waals surface area contributed by atoms with Crippen LogP contribution in [0.1, 0.15) is 5.56 Å². The molecule has 3 aromatic heterocycles.